The molecule has 1 unspecified atom stereocenters. The molecule has 2 aromatic carbocycles. The zero-order valence-electron chi connectivity index (χ0n) is 15.8. The molecular formula is C21H24N2O4. The van der Waals surface area contributed by atoms with Crippen molar-refractivity contribution < 1.29 is 19.1 Å². The van der Waals surface area contributed by atoms with Crippen LogP contribution in [0, 0.1) is 5.92 Å². The lowest BCUT2D eigenvalue weighted by atomic mass is 10.1. The Balaban J connectivity index is 1.72. The van der Waals surface area contributed by atoms with Crippen molar-refractivity contribution in [3.63, 3.8) is 0 Å². The summed E-state index contributed by atoms with van der Waals surface area (Å²) in [5.74, 6) is 0.883. The highest BCUT2D eigenvalue weighted by Crippen LogP contribution is 2.33. The van der Waals surface area contributed by atoms with Crippen LogP contribution in [0.3, 0.4) is 0 Å². The molecular weight excluding hydrogens is 344 g/mol. The maximum atomic E-state index is 12.9. The van der Waals surface area contributed by atoms with Gasteiger partial charge in [0.15, 0.2) is 0 Å². The molecule has 0 saturated carbocycles. The fraction of sp³-hybridized carbons (Fsp3) is 0.333. The number of para-hydroxylation sites is 3. The molecule has 1 aliphatic heterocycles. The monoisotopic (exact) mass is 368 g/mol. The number of hydrogen-bond acceptors (Lipinski definition) is 4. The zero-order chi connectivity index (χ0) is 19.4. The molecule has 27 heavy (non-hydrogen) atoms. The van der Waals surface area contributed by atoms with Crippen LogP contribution >= 0.6 is 0 Å². The van der Waals surface area contributed by atoms with Crippen molar-refractivity contribution in [1.29, 1.82) is 0 Å². The van der Waals surface area contributed by atoms with E-state index in [4.69, 9.17) is 9.47 Å². The summed E-state index contributed by atoms with van der Waals surface area (Å²) in [7, 11) is 4.94. The summed E-state index contributed by atoms with van der Waals surface area (Å²) in [5.41, 5.74) is 1.63. The van der Waals surface area contributed by atoms with Crippen LogP contribution in [-0.4, -0.2) is 44.5 Å². The van der Waals surface area contributed by atoms with Gasteiger partial charge in [0.25, 0.3) is 0 Å². The van der Waals surface area contributed by atoms with Crippen molar-refractivity contribution in [1.82, 2.24) is 4.90 Å². The Morgan fingerprint density at radius 3 is 2.41 bits per heavy atom. The van der Waals surface area contributed by atoms with Crippen LogP contribution in [0.4, 0.5) is 5.69 Å². The number of carbonyl (C=O) groups is 2. The standard InChI is InChI=1S/C21H24N2O4/c1-22(13-15-8-4-6-10-18(15)26-2)21(25)16-12-20(24)23(14-16)17-9-5-7-11-19(17)27-3/h4-11,16H,12-14H2,1-3H3. The highest BCUT2D eigenvalue weighted by atomic mass is 16.5. The van der Waals surface area contributed by atoms with Crippen LogP contribution in [0.2, 0.25) is 0 Å². The zero-order valence-corrected chi connectivity index (χ0v) is 15.8. The average molecular weight is 368 g/mol. The maximum absolute atomic E-state index is 12.9. The number of rotatable bonds is 6. The Hall–Kier alpha value is -3.02. The van der Waals surface area contributed by atoms with Gasteiger partial charge in [0.1, 0.15) is 11.5 Å². The summed E-state index contributed by atoms with van der Waals surface area (Å²) in [6.45, 7) is 0.788. The number of nitrogens with zero attached hydrogens (tertiary/aromatic N) is 2. The molecule has 1 aliphatic rings. The Morgan fingerprint density at radius 1 is 1.07 bits per heavy atom. The van der Waals surface area contributed by atoms with Gasteiger partial charge in [0.2, 0.25) is 11.8 Å². The van der Waals surface area contributed by atoms with Gasteiger partial charge in [-0.25, -0.2) is 0 Å². The first-order chi connectivity index (χ1) is 13.0. The summed E-state index contributed by atoms with van der Waals surface area (Å²) in [4.78, 5) is 28.7. The van der Waals surface area contributed by atoms with Crippen LogP contribution in [0.1, 0.15) is 12.0 Å². The van der Waals surface area contributed by atoms with Gasteiger partial charge in [-0.05, 0) is 18.2 Å². The van der Waals surface area contributed by atoms with Gasteiger partial charge in [-0.2, -0.15) is 0 Å². The van der Waals surface area contributed by atoms with E-state index >= 15 is 0 Å². The number of benzene rings is 2. The van der Waals surface area contributed by atoms with Gasteiger partial charge in [-0.1, -0.05) is 30.3 Å². The largest absolute Gasteiger partial charge is 0.496 e. The third-order valence-corrected chi connectivity index (χ3v) is 4.83. The smallest absolute Gasteiger partial charge is 0.228 e. The SMILES string of the molecule is COc1ccccc1CN(C)C(=O)C1CC(=O)N(c2ccccc2OC)C1. The third-order valence-electron chi connectivity index (χ3n) is 4.83. The van der Waals surface area contributed by atoms with E-state index in [2.05, 4.69) is 0 Å². The van der Waals surface area contributed by atoms with Crippen LogP contribution in [0.15, 0.2) is 48.5 Å². The highest BCUT2D eigenvalue weighted by Gasteiger charge is 2.37. The molecule has 6 nitrogen and oxygen atoms in total. The second-order valence-corrected chi connectivity index (χ2v) is 6.58. The fourth-order valence-electron chi connectivity index (χ4n) is 3.44. The predicted octanol–water partition coefficient (Wildman–Crippen LogP) is 2.72. The Morgan fingerprint density at radius 2 is 1.70 bits per heavy atom. The Kier molecular flexibility index (Phi) is 5.64. The number of amides is 2. The normalized spacial score (nSPS) is 16.3. The fourth-order valence-corrected chi connectivity index (χ4v) is 3.44. The molecule has 0 bridgehead atoms. The molecule has 0 aliphatic carbocycles. The summed E-state index contributed by atoms with van der Waals surface area (Å²) in [6.07, 6.45) is 0.202. The third kappa shape index (κ3) is 3.89. The molecule has 3 rings (SSSR count). The molecule has 2 amide bonds. The first-order valence-electron chi connectivity index (χ1n) is 8.85. The summed E-state index contributed by atoms with van der Waals surface area (Å²) in [5, 5.41) is 0. The van der Waals surface area contributed by atoms with Crippen molar-refractivity contribution >= 4 is 17.5 Å². The molecule has 1 fully saturated rings. The molecule has 0 N–H and O–H groups in total. The van der Waals surface area contributed by atoms with E-state index < -0.39 is 0 Å². The van der Waals surface area contributed by atoms with E-state index in [9.17, 15) is 9.59 Å². The number of carbonyl (C=O) groups excluding carboxylic acids is 2. The second-order valence-electron chi connectivity index (χ2n) is 6.58. The maximum Gasteiger partial charge on any atom is 0.228 e. The van der Waals surface area contributed by atoms with Crippen molar-refractivity contribution in [3.8, 4) is 11.5 Å². The molecule has 0 spiro atoms. The molecule has 2 aromatic rings. The minimum Gasteiger partial charge on any atom is -0.496 e. The van der Waals surface area contributed by atoms with E-state index in [1.807, 2.05) is 48.5 Å². The summed E-state index contributed by atoms with van der Waals surface area (Å²) < 4.78 is 10.7. The number of ether oxygens (including phenoxy) is 2. The second kappa shape index (κ2) is 8.12. The van der Waals surface area contributed by atoms with E-state index in [1.54, 1.807) is 31.1 Å². The minimum atomic E-state index is -0.373. The molecule has 6 heteroatoms. The van der Waals surface area contributed by atoms with Crippen LogP contribution in [0.5, 0.6) is 11.5 Å². The van der Waals surface area contributed by atoms with Crippen molar-refractivity contribution in [3.05, 3.63) is 54.1 Å². The average Bonchev–Trinajstić information content (AvgIpc) is 3.09. The lowest BCUT2D eigenvalue weighted by Crippen LogP contribution is -2.34. The Labute approximate surface area is 159 Å². The summed E-state index contributed by atoms with van der Waals surface area (Å²) >= 11 is 0. The van der Waals surface area contributed by atoms with Crippen LogP contribution < -0.4 is 14.4 Å². The first kappa shape index (κ1) is 18.8. The van der Waals surface area contributed by atoms with Gasteiger partial charge in [-0.15, -0.1) is 0 Å². The van der Waals surface area contributed by atoms with Crippen LogP contribution in [-0.2, 0) is 16.1 Å². The topological polar surface area (TPSA) is 59.1 Å². The van der Waals surface area contributed by atoms with E-state index in [0.29, 0.717) is 24.5 Å². The summed E-state index contributed by atoms with van der Waals surface area (Å²) in [6, 6.07) is 15.0. The first-order valence-corrected chi connectivity index (χ1v) is 8.85. The van der Waals surface area contributed by atoms with Crippen LogP contribution in [0.25, 0.3) is 0 Å². The van der Waals surface area contributed by atoms with Gasteiger partial charge in [0.05, 0.1) is 25.8 Å². The quantitative estimate of drug-likeness (QED) is 0.787. The highest BCUT2D eigenvalue weighted by molar-refractivity contribution is 6.01. The van der Waals surface area contributed by atoms with Crippen molar-refractivity contribution in [2.24, 2.45) is 5.92 Å². The predicted molar refractivity (Wildman–Crippen MR) is 103 cm³/mol. The lowest BCUT2D eigenvalue weighted by molar-refractivity contribution is -0.135. The van der Waals surface area contributed by atoms with Gasteiger partial charge in [0, 0.05) is 32.1 Å². The molecule has 1 saturated heterocycles. The Bertz CT molecular complexity index is 836. The molecule has 0 aromatic heterocycles. The minimum absolute atomic E-state index is 0.0494. The van der Waals surface area contributed by atoms with Crippen molar-refractivity contribution in [2.45, 2.75) is 13.0 Å². The molecule has 142 valence electrons. The molecule has 0 radical (unpaired) electrons. The van der Waals surface area contributed by atoms with E-state index in [1.165, 1.54) is 0 Å². The number of hydrogen-bond donors (Lipinski definition) is 0. The molecule has 1 heterocycles. The van der Waals surface area contributed by atoms with E-state index in [-0.39, 0.29) is 24.2 Å². The number of anilines is 1. The number of methoxy groups -OCH3 is 2. The van der Waals surface area contributed by atoms with Crippen molar-refractivity contribution in [2.75, 3.05) is 32.7 Å². The molecule has 1 atom stereocenters. The van der Waals surface area contributed by atoms with E-state index in [0.717, 1.165) is 11.3 Å². The lowest BCUT2D eigenvalue weighted by Gasteiger charge is -2.23. The van der Waals surface area contributed by atoms with Gasteiger partial charge in [-0.3, -0.25) is 9.59 Å². The van der Waals surface area contributed by atoms with Gasteiger partial charge >= 0.3 is 0 Å². The van der Waals surface area contributed by atoms with Gasteiger partial charge < -0.3 is 19.3 Å².